The fourth-order valence-electron chi connectivity index (χ4n) is 1.36. The monoisotopic (exact) mass is 232 g/mol. The van der Waals surface area contributed by atoms with Crippen LogP contribution in [0.1, 0.15) is 22.3 Å². The summed E-state index contributed by atoms with van der Waals surface area (Å²) in [4.78, 5) is 22.0. The molecule has 0 unspecified atom stereocenters. The van der Waals surface area contributed by atoms with Gasteiger partial charge in [0.15, 0.2) is 0 Å². The molecule has 2 N–H and O–H groups in total. The van der Waals surface area contributed by atoms with Gasteiger partial charge in [-0.3, -0.25) is 9.59 Å². The number of hydrogen-bond acceptors (Lipinski definition) is 3. The van der Waals surface area contributed by atoms with E-state index in [4.69, 9.17) is 10.4 Å². The molecular formula is C12H12N2O3. The molecule has 0 heterocycles. The smallest absolute Gasteiger partial charge is 0.305 e. The molecule has 0 fully saturated rings. The fourth-order valence-corrected chi connectivity index (χ4v) is 1.36. The van der Waals surface area contributed by atoms with Crippen molar-refractivity contribution in [2.45, 2.75) is 12.8 Å². The van der Waals surface area contributed by atoms with Gasteiger partial charge in [-0.1, -0.05) is 18.2 Å². The van der Waals surface area contributed by atoms with E-state index in [2.05, 4.69) is 5.32 Å². The first-order valence-corrected chi connectivity index (χ1v) is 5.10. The van der Waals surface area contributed by atoms with E-state index in [1.54, 1.807) is 24.3 Å². The summed E-state index contributed by atoms with van der Waals surface area (Å²) in [6.45, 7) is 0.0784. The topological polar surface area (TPSA) is 90.2 Å². The van der Waals surface area contributed by atoms with Gasteiger partial charge >= 0.3 is 5.97 Å². The molecule has 1 rings (SSSR count). The maximum atomic E-state index is 11.7. The predicted octanol–water partition coefficient (Wildman–Crippen LogP) is 0.957. The first-order chi connectivity index (χ1) is 8.15. The number of carbonyl (C=O) groups is 2. The molecule has 0 spiro atoms. The Labute approximate surface area is 98.7 Å². The fraction of sp³-hybridized carbons (Fsp3) is 0.250. The van der Waals surface area contributed by atoms with Crippen molar-refractivity contribution < 1.29 is 14.7 Å². The summed E-state index contributed by atoms with van der Waals surface area (Å²) in [6.07, 6.45) is 0.0364. The van der Waals surface area contributed by atoms with Crippen molar-refractivity contribution in [1.29, 1.82) is 5.26 Å². The second-order valence-corrected chi connectivity index (χ2v) is 3.39. The van der Waals surface area contributed by atoms with Crippen molar-refractivity contribution >= 4 is 11.9 Å². The Bertz CT molecular complexity index is 463. The lowest BCUT2D eigenvalue weighted by atomic mass is 10.0. The molecule has 1 aromatic rings. The second kappa shape index (κ2) is 6.28. The van der Waals surface area contributed by atoms with E-state index in [1.165, 1.54) is 0 Å². The van der Waals surface area contributed by atoms with Gasteiger partial charge < -0.3 is 10.4 Å². The standard InChI is InChI=1S/C12H12N2O3/c13-7-5-9-3-1-2-4-10(9)12(17)14-8-6-11(15)16/h1-4H,5-6,8H2,(H,14,17)(H,15,16). The van der Waals surface area contributed by atoms with Crippen LogP contribution in [0, 0.1) is 11.3 Å². The maximum absolute atomic E-state index is 11.7. The Morgan fingerprint density at radius 1 is 1.35 bits per heavy atom. The van der Waals surface area contributed by atoms with E-state index >= 15 is 0 Å². The Balaban J connectivity index is 2.68. The van der Waals surface area contributed by atoms with Crippen LogP contribution in [-0.2, 0) is 11.2 Å². The Morgan fingerprint density at radius 3 is 2.71 bits per heavy atom. The number of nitrogens with zero attached hydrogens (tertiary/aromatic N) is 1. The largest absolute Gasteiger partial charge is 0.481 e. The molecule has 1 amide bonds. The molecule has 5 heteroatoms. The van der Waals surface area contributed by atoms with Crippen LogP contribution in [0.15, 0.2) is 24.3 Å². The zero-order valence-electron chi connectivity index (χ0n) is 9.14. The van der Waals surface area contributed by atoms with Gasteiger partial charge in [0.2, 0.25) is 0 Å². The highest BCUT2D eigenvalue weighted by Gasteiger charge is 2.10. The molecule has 0 aliphatic heterocycles. The van der Waals surface area contributed by atoms with Gasteiger partial charge in [0.05, 0.1) is 18.9 Å². The molecule has 0 saturated carbocycles. The average Bonchev–Trinajstić information content (AvgIpc) is 2.29. The molecule has 5 nitrogen and oxygen atoms in total. The number of nitrogens with one attached hydrogen (secondary N) is 1. The van der Waals surface area contributed by atoms with Crippen molar-refractivity contribution in [2.24, 2.45) is 0 Å². The molecule has 0 saturated heterocycles. The van der Waals surface area contributed by atoms with Gasteiger partial charge in [-0.25, -0.2) is 0 Å². The number of aliphatic carboxylic acids is 1. The van der Waals surface area contributed by atoms with Crippen molar-refractivity contribution in [3.05, 3.63) is 35.4 Å². The molecule has 88 valence electrons. The summed E-state index contributed by atoms with van der Waals surface area (Å²) in [6, 6.07) is 8.75. The second-order valence-electron chi connectivity index (χ2n) is 3.39. The summed E-state index contributed by atoms with van der Waals surface area (Å²) in [7, 11) is 0. The van der Waals surface area contributed by atoms with Crippen LogP contribution in [0.5, 0.6) is 0 Å². The van der Waals surface area contributed by atoms with E-state index in [-0.39, 0.29) is 25.3 Å². The van der Waals surface area contributed by atoms with Gasteiger partial charge in [-0.05, 0) is 11.6 Å². The number of rotatable bonds is 5. The Kier molecular flexibility index (Phi) is 4.70. The molecule has 0 bridgehead atoms. The molecule has 0 aliphatic carbocycles. The van der Waals surface area contributed by atoms with E-state index in [9.17, 15) is 9.59 Å². The molecule has 17 heavy (non-hydrogen) atoms. The van der Waals surface area contributed by atoms with Crippen molar-refractivity contribution in [3.8, 4) is 6.07 Å². The summed E-state index contributed by atoms with van der Waals surface area (Å²) in [5.41, 5.74) is 1.06. The number of nitriles is 1. The summed E-state index contributed by atoms with van der Waals surface area (Å²) < 4.78 is 0. The van der Waals surface area contributed by atoms with E-state index < -0.39 is 5.97 Å². The Hall–Kier alpha value is -2.35. The third-order valence-electron chi connectivity index (χ3n) is 2.16. The molecule has 0 aromatic heterocycles. The lowest BCUT2D eigenvalue weighted by molar-refractivity contribution is -0.136. The van der Waals surface area contributed by atoms with E-state index in [1.807, 2.05) is 6.07 Å². The number of amides is 1. The van der Waals surface area contributed by atoms with Crippen LogP contribution in [0.3, 0.4) is 0 Å². The SMILES string of the molecule is N#CCc1ccccc1C(=O)NCCC(=O)O. The minimum atomic E-state index is -0.962. The van der Waals surface area contributed by atoms with Gasteiger partial charge in [-0.15, -0.1) is 0 Å². The predicted molar refractivity (Wildman–Crippen MR) is 60.3 cm³/mol. The van der Waals surface area contributed by atoms with Gasteiger partial charge in [0, 0.05) is 12.1 Å². The molecule has 0 aliphatic rings. The van der Waals surface area contributed by atoms with Crippen molar-refractivity contribution in [1.82, 2.24) is 5.32 Å². The van der Waals surface area contributed by atoms with Crippen LogP contribution in [0.2, 0.25) is 0 Å². The zero-order chi connectivity index (χ0) is 12.7. The highest BCUT2D eigenvalue weighted by Crippen LogP contribution is 2.08. The van der Waals surface area contributed by atoms with Gasteiger partial charge in [-0.2, -0.15) is 5.26 Å². The highest BCUT2D eigenvalue weighted by molar-refractivity contribution is 5.95. The minimum Gasteiger partial charge on any atom is -0.481 e. The third-order valence-corrected chi connectivity index (χ3v) is 2.16. The van der Waals surface area contributed by atoms with Crippen LogP contribution >= 0.6 is 0 Å². The van der Waals surface area contributed by atoms with Crippen LogP contribution in [0.4, 0.5) is 0 Å². The number of carboxylic acid groups (broad SMARTS) is 1. The number of carboxylic acids is 1. The molecular weight excluding hydrogens is 220 g/mol. The highest BCUT2D eigenvalue weighted by atomic mass is 16.4. The maximum Gasteiger partial charge on any atom is 0.305 e. The third kappa shape index (κ3) is 3.95. The van der Waals surface area contributed by atoms with Crippen LogP contribution < -0.4 is 5.32 Å². The molecule has 0 atom stereocenters. The van der Waals surface area contributed by atoms with Crippen LogP contribution in [-0.4, -0.2) is 23.5 Å². The lowest BCUT2D eigenvalue weighted by Crippen LogP contribution is -2.26. The number of hydrogen-bond donors (Lipinski definition) is 2. The quantitative estimate of drug-likeness (QED) is 0.791. The summed E-state index contributed by atoms with van der Waals surface area (Å²) in [5, 5.41) is 19.6. The summed E-state index contributed by atoms with van der Waals surface area (Å²) >= 11 is 0. The average molecular weight is 232 g/mol. The number of carbonyl (C=O) groups excluding carboxylic acids is 1. The first kappa shape index (κ1) is 12.7. The van der Waals surface area contributed by atoms with Gasteiger partial charge in [0.1, 0.15) is 0 Å². The van der Waals surface area contributed by atoms with Crippen molar-refractivity contribution in [2.75, 3.05) is 6.54 Å². The summed E-state index contributed by atoms with van der Waals surface area (Å²) in [5.74, 6) is -1.31. The Morgan fingerprint density at radius 2 is 2.06 bits per heavy atom. The van der Waals surface area contributed by atoms with E-state index in [0.29, 0.717) is 11.1 Å². The first-order valence-electron chi connectivity index (χ1n) is 5.10. The minimum absolute atomic E-state index is 0.0784. The van der Waals surface area contributed by atoms with E-state index in [0.717, 1.165) is 0 Å². The van der Waals surface area contributed by atoms with Crippen molar-refractivity contribution in [3.63, 3.8) is 0 Å². The molecule has 1 aromatic carbocycles. The molecule has 0 radical (unpaired) electrons. The number of benzene rings is 1. The van der Waals surface area contributed by atoms with Gasteiger partial charge in [0.25, 0.3) is 5.91 Å². The van der Waals surface area contributed by atoms with Crippen LogP contribution in [0.25, 0.3) is 0 Å². The lowest BCUT2D eigenvalue weighted by Gasteiger charge is -2.06. The normalized spacial score (nSPS) is 9.35. The zero-order valence-corrected chi connectivity index (χ0v) is 9.14.